The first-order valence-corrected chi connectivity index (χ1v) is 9.81. The van der Waals surface area contributed by atoms with Crippen LogP contribution in [0.5, 0.6) is 0 Å². The van der Waals surface area contributed by atoms with Gasteiger partial charge in [0.15, 0.2) is 0 Å². The highest BCUT2D eigenvalue weighted by Crippen LogP contribution is 2.21. The first-order valence-electron chi connectivity index (χ1n) is 8.32. The fraction of sp³-hybridized carbons (Fsp3) is 0.471. The van der Waals surface area contributed by atoms with Gasteiger partial charge in [0.2, 0.25) is 12.3 Å². The molecule has 0 saturated carbocycles. The molecule has 0 spiro atoms. The van der Waals surface area contributed by atoms with Crippen molar-refractivity contribution in [3.63, 3.8) is 0 Å². The summed E-state index contributed by atoms with van der Waals surface area (Å²) in [4.78, 5) is 18.1. The number of hydrogen-bond donors (Lipinski definition) is 0. The minimum atomic E-state index is -2.47. The van der Waals surface area contributed by atoms with Crippen LogP contribution < -0.4 is 4.90 Å². The molecule has 2 aromatic heterocycles. The zero-order valence-corrected chi connectivity index (χ0v) is 15.6. The topological polar surface area (TPSA) is 68.1 Å². The highest BCUT2D eigenvalue weighted by Gasteiger charge is 2.20. The number of anilines is 1. The van der Waals surface area contributed by atoms with Crippen LogP contribution in [-0.2, 0) is 15.6 Å². The molecule has 1 atom stereocenters. The Hall–Kier alpha value is -2.16. The summed E-state index contributed by atoms with van der Waals surface area (Å²) in [6.07, 6.45) is 2.25. The molecule has 0 aliphatic carbocycles. The Balaban J connectivity index is 2.05. The van der Waals surface area contributed by atoms with Gasteiger partial charge in [-0.05, 0) is 26.0 Å². The first kappa shape index (κ1) is 20.2. The number of carbonyl (C=O) groups excluding carboxylic acids is 1. The number of amides is 1. The van der Waals surface area contributed by atoms with E-state index in [9.17, 15) is 17.8 Å². The molecular weight excluding hydrogens is 362 g/mol. The number of aromatic nitrogens is 3. The number of aryl methyl sites for hydroxylation is 1. The molecule has 0 N–H and O–H groups in total. The number of rotatable bonds is 9. The third-order valence-corrected chi connectivity index (χ3v) is 5.15. The average molecular weight is 384 g/mol. The Morgan fingerprint density at radius 2 is 2.15 bits per heavy atom. The second-order valence-corrected chi connectivity index (χ2v) is 7.37. The smallest absolute Gasteiger partial charge is 0.239 e. The molecule has 0 saturated heterocycles. The highest BCUT2D eigenvalue weighted by atomic mass is 32.2. The summed E-state index contributed by atoms with van der Waals surface area (Å²) in [5, 5.41) is 4.42. The van der Waals surface area contributed by atoms with Gasteiger partial charge in [0.05, 0.1) is 29.5 Å². The van der Waals surface area contributed by atoms with E-state index in [4.69, 9.17) is 0 Å². The van der Waals surface area contributed by atoms with E-state index < -0.39 is 23.6 Å². The van der Waals surface area contributed by atoms with Crippen molar-refractivity contribution in [3.05, 3.63) is 36.4 Å². The number of hydrogen-bond acceptors (Lipinski definition) is 4. The normalized spacial score (nSPS) is 12.3. The monoisotopic (exact) mass is 384 g/mol. The first-order chi connectivity index (χ1) is 12.4. The Bertz CT molecular complexity index is 752. The summed E-state index contributed by atoms with van der Waals surface area (Å²) in [7, 11) is -1.42. The van der Waals surface area contributed by atoms with Gasteiger partial charge in [0.25, 0.3) is 0 Å². The minimum Gasteiger partial charge on any atom is -0.310 e. The molecule has 2 rings (SSSR count). The molecule has 6 nitrogen and oxygen atoms in total. The molecule has 1 amide bonds. The lowest BCUT2D eigenvalue weighted by Gasteiger charge is -2.20. The summed E-state index contributed by atoms with van der Waals surface area (Å²) in [5.74, 6) is -0.209. The highest BCUT2D eigenvalue weighted by molar-refractivity contribution is 7.84. The molecule has 1 unspecified atom stereocenters. The molecule has 0 bridgehead atoms. The van der Waals surface area contributed by atoms with Crippen molar-refractivity contribution in [2.24, 2.45) is 0 Å². The van der Waals surface area contributed by atoms with Crippen LogP contribution in [-0.4, -0.2) is 49.4 Å². The van der Waals surface area contributed by atoms with Crippen molar-refractivity contribution in [2.75, 3.05) is 23.0 Å². The summed E-state index contributed by atoms with van der Waals surface area (Å²) in [6, 6.07) is 3.65. The quantitative estimate of drug-likeness (QED) is 0.667. The van der Waals surface area contributed by atoms with E-state index >= 15 is 0 Å². The molecule has 0 aromatic carbocycles. The van der Waals surface area contributed by atoms with Gasteiger partial charge >= 0.3 is 0 Å². The van der Waals surface area contributed by atoms with Crippen molar-refractivity contribution in [2.45, 2.75) is 33.1 Å². The number of pyridine rings is 1. The molecule has 9 heteroatoms. The van der Waals surface area contributed by atoms with Crippen molar-refractivity contribution < 1.29 is 17.8 Å². The Morgan fingerprint density at radius 3 is 2.77 bits per heavy atom. The molecule has 0 fully saturated rings. The third-order valence-electron chi connectivity index (χ3n) is 3.80. The molecule has 2 aromatic rings. The van der Waals surface area contributed by atoms with Crippen molar-refractivity contribution in [1.29, 1.82) is 0 Å². The Morgan fingerprint density at radius 1 is 1.38 bits per heavy atom. The van der Waals surface area contributed by atoms with E-state index in [1.807, 2.05) is 13.0 Å². The predicted octanol–water partition coefficient (Wildman–Crippen LogP) is 2.72. The number of alkyl halides is 2. The van der Waals surface area contributed by atoms with Gasteiger partial charge in [-0.15, -0.1) is 0 Å². The summed E-state index contributed by atoms with van der Waals surface area (Å²) >= 11 is 0. The fourth-order valence-corrected chi connectivity index (χ4v) is 3.52. The van der Waals surface area contributed by atoms with Gasteiger partial charge in [-0.1, -0.05) is 0 Å². The minimum absolute atomic E-state index is 0.0429. The van der Waals surface area contributed by atoms with Crippen LogP contribution in [0.1, 0.15) is 25.5 Å². The number of halogens is 2. The maximum atomic E-state index is 12.5. The maximum Gasteiger partial charge on any atom is 0.239 e. The predicted molar refractivity (Wildman–Crippen MR) is 97.2 cm³/mol. The van der Waals surface area contributed by atoms with Gasteiger partial charge in [0.1, 0.15) is 0 Å². The van der Waals surface area contributed by atoms with E-state index in [1.165, 1.54) is 0 Å². The summed E-state index contributed by atoms with van der Waals surface area (Å²) in [6.45, 7) is 4.08. The standard InChI is InChI=1S/C17H22F2N4O2S/c1-3-22(17(24)7-10-26(25)9-6-16(18)19)15-12-23(21-13(15)2)14-5-4-8-20-11-14/h4-5,8,11-12,16H,3,6-7,9-10H2,1-2H3. The van der Waals surface area contributed by atoms with Gasteiger partial charge in [-0.25, -0.2) is 13.5 Å². The lowest BCUT2D eigenvalue weighted by Crippen LogP contribution is -2.32. The average Bonchev–Trinajstić information content (AvgIpc) is 3.01. The Labute approximate surface area is 153 Å². The molecule has 0 radical (unpaired) electrons. The van der Waals surface area contributed by atoms with Gasteiger partial charge in [-0.2, -0.15) is 5.10 Å². The SMILES string of the molecule is CCN(C(=O)CCS(=O)CCC(F)F)c1cn(-c2cccnc2)nc1C. The van der Waals surface area contributed by atoms with Crippen LogP contribution in [0.3, 0.4) is 0 Å². The van der Waals surface area contributed by atoms with E-state index in [1.54, 1.807) is 41.2 Å². The molecule has 142 valence electrons. The van der Waals surface area contributed by atoms with Crippen LogP contribution in [0.15, 0.2) is 30.7 Å². The van der Waals surface area contributed by atoms with E-state index in [-0.39, 0.29) is 23.8 Å². The lowest BCUT2D eigenvalue weighted by atomic mass is 10.3. The molecule has 0 aliphatic rings. The van der Waals surface area contributed by atoms with Crippen LogP contribution in [0.2, 0.25) is 0 Å². The zero-order chi connectivity index (χ0) is 19.1. The van der Waals surface area contributed by atoms with Crippen LogP contribution in [0.4, 0.5) is 14.5 Å². The van der Waals surface area contributed by atoms with Crippen molar-refractivity contribution in [1.82, 2.24) is 14.8 Å². The fourth-order valence-electron chi connectivity index (χ4n) is 2.48. The number of carbonyl (C=O) groups is 1. The summed E-state index contributed by atoms with van der Waals surface area (Å²) in [5.41, 5.74) is 2.13. The molecule has 0 aliphatic heterocycles. The van der Waals surface area contributed by atoms with Crippen LogP contribution in [0, 0.1) is 6.92 Å². The number of nitrogens with zero attached hydrogens (tertiary/aromatic N) is 4. The molecule has 2 heterocycles. The van der Waals surface area contributed by atoms with E-state index in [2.05, 4.69) is 10.1 Å². The molecule has 26 heavy (non-hydrogen) atoms. The van der Waals surface area contributed by atoms with E-state index in [0.29, 0.717) is 17.9 Å². The largest absolute Gasteiger partial charge is 0.310 e. The van der Waals surface area contributed by atoms with Gasteiger partial charge < -0.3 is 4.90 Å². The second kappa shape index (κ2) is 9.51. The van der Waals surface area contributed by atoms with Crippen LogP contribution >= 0.6 is 0 Å². The maximum absolute atomic E-state index is 12.5. The van der Waals surface area contributed by atoms with Crippen molar-refractivity contribution in [3.8, 4) is 5.69 Å². The zero-order valence-electron chi connectivity index (χ0n) is 14.8. The van der Waals surface area contributed by atoms with Crippen LogP contribution in [0.25, 0.3) is 5.69 Å². The van der Waals surface area contributed by atoms with Gasteiger partial charge in [-0.3, -0.25) is 14.0 Å². The molecular formula is C17H22F2N4O2S. The summed E-state index contributed by atoms with van der Waals surface area (Å²) < 4.78 is 37.7. The Kier molecular flexibility index (Phi) is 7.38. The lowest BCUT2D eigenvalue weighted by molar-refractivity contribution is -0.118. The van der Waals surface area contributed by atoms with Crippen molar-refractivity contribution >= 4 is 22.4 Å². The van der Waals surface area contributed by atoms with Gasteiger partial charge in [0, 0.05) is 47.9 Å². The second-order valence-electron chi connectivity index (χ2n) is 5.67. The van der Waals surface area contributed by atoms with E-state index in [0.717, 1.165) is 5.69 Å². The third kappa shape index (κ3) is 5.42.